The molecule has 1 heterocycles. The number of rotatable bonds is 14. The highest BCUT2D eigenvalue weighted by atomic mass is 28.4. The third-order valence-corrected chi connectivity index (χ3v) is 12.3. The van der Waals surface area contributed by atoms with Gasteiger partial charge >= 0.3 is 5.97 Å². The molecule has 0 aliphatic rings. The van der Waals surface area contributed by atoms with E-state index >= 15 is 0 Å². The molecule has 7 nitrogen and oxygen atoms in total. The van der Waals surface area contributed by atoms with Crippen molar-refractivity contribution in [3.05, 3.63) is 53.2 Å². The zero-order valence-electron chi connectivity index (χ0n) is 26.7. The zero-order chi connectivity index (χ0) is 30.3. The van der Waals surface area contributed by atoms with Crippen molar-refractivity contribution in [3.8, 4) is 5.75 Å². The molecule has 0 fully saturated rings. The lowest BCUT2D eigenvalue weighted by molar-refractivity contribution is -0.155. The smallest absolute Gasteiger partial charge is 0.308 e. The van der Waals surface area contributed by atoms with Crippen molar-refractivity contribution in [1.82, 2.24) is 4.98 Å². The van der Waals surface area contributed by atoms with Crippen LogP contribution in [-0.2, 0) is 25.3 Å². The molecule has 224 valence electrons. The summed E-state index contributed by atoms with van der Waals surface area (Å²) in [5.74, 6) is 0.826. The van der Waals surface area contributed by atoms with Gasteiger partial charge in [0.1, 0.15) is 23.8 Å². The molecule has 0 saturated heterocycles. The van der Waals surface area contributed by atoms with E-state index in [1.165, 1.54) is 0 Å². The van der Waals surface area contributed by atoms with Gasteiger partial charge in [0.05, 0.1) is 32.3 Å². The van der Waals surface area contributed by atoms with Crippen molar-refractivity contribution in [2.45, 2.75) is 99.3 Å². The van der Waals surface area contributed by atoms with Gasteiger partial charge in [-0.3, -0.25) is 4.79 Å². The van der Waals surface area contributed by atoms with Crippen molar-refractivity contribution >= 4 is 20.4 Å². The van der Waals surface area contributed by atoms with Gasteiger partial charge in [-0.05, 0) is 54.4 Å². The van der Waals surface area contributed by atoms with Gasteiger partial charge in [0, 0.05) is 18.8 Å². The van der Waals surface area contributed by atoms with E-state index in [1.807, 2.05) is 58.0 Å². The topological polar surface area (TPSA) is 80.0 Å². The lowest BCUT2D eigenvalue weighted by Gasteiger charge is -2.44. The Morgan fingerprint density at radius 2 is 1.73 bits per heavy atom. The quantitative estimate of drug-likeness (QED) is 0.168. The molecule has 40 heavy (non-hydrogen) atoms. The Hall–Kier alpha value is -2.42. The highest BCUT2D eigenvalue weighted by molar-refractivity contribution is 6.74. The maximum Gasteiger partial charge on any atom is 0.308 e. The van der Waals surface area contributed by atoms with E-state index in [0.29, 0.717) is 24.8 Å². The minimum absolute atomic E-state index is 0.0157. The molecule has 0 amide bonds. The van der Waals surface area contributed by atoms with Crippen molar-refractivity contribution in [3.63, 3.8) is 0 Å². The summed E-state index contributed by atoms with van der Waals surface area (Å²) in [6.45, 7) is 24.0. The van der Waals surface area contributed by atoms with E-state index in [0.717, 1.165) is 16.9 Å². The maximum absolute atomic E-state index is 12.9. The van der Waals surface area contributed by atoms with Crippen LogP contribution in [0.25, 0.3) is 6.08 Å². The molecule has 8 heteroatoms. The summed E-state index contributed by atoms with van der Waals surface area (Å²) < 4.78 is 30.1. The predicted molar refractivity (Wildman–Crippen MR) is 163 cm³/mol. The van der Waals surface area contributed by atoms with E-state index in [2.05, 4.69) is 52.7 Å². The molecular formula is C32H51NO6Si. The molecule has 0 aliphatic carbocycles. The van der Waals surface area contributed by atoms with Gasteiger partial charge in [-0.15, -0.1) is 0 Å². The molecule has 4 atom stereocenters. The normalized spacial score (nSPS) is 16.0. The average molecular weight is 574 g/mol. The number of nitrogens with zero attached hydrogens (tertiary/aromatic N) is 1. The molecule has 1 aromatic carbocycles. The molecule has 2 aromatic rings. The molecule has 0 bridgehead atoms. The number of methoxy groups -OCH3 is 1. The monoisotopic (exact) mass is 573 g/mol. The average Bonchev–Trinajstić information content (AvgIpc) is 3.28. The van der Waals surface area contributed by atoms with Crippen LogP contribution >= 0.6 is 0 Å². The van der Waals surface area contributed by atoms with E-state index in [1.54, 1.807) is 13.4 Å². The van der Waals surface area contributed by atoms with Crippen LogP contribution in [0.5, 0.6) is 5.75 Å². The molecular weight excluding hydrogens is 522 g/mol. The van der Waals surface area contributed by atoms with E-state index < -0.39 is 14.4 Å². The zero-order valence-corrected chi connectivity index (χ0v) is 27.7. The van der Waals surface area contributed by atoms with Gasteiger partial charge in [-0.25, -0.2) is 4.98 Å². The Morgan fingerprint density at radius 1 is 1.10 bits per heavy atom. The number of ether oxygens (including phenoxy) is 3. The largest absolute Gasteiger partial charge is 0.497 e. The van der Waals surface area contributed by atoms with Gasteiger partial charge in [-0.1, -0.05) is 60.6 Å². The standard InChI is InChI=1S/C32H51NO6Si/c1-21(2)31(34)38-29(22(3)17-27-20-37-25(6)33-27)24(5)30(39-40(11,12)32(7,8)9)23(4)18-36-19-26-13-15-28(35-10)16-14-26/h13-17,20-21,23-24,29-30H,18-19H2,1-12H3/b22-17+/t23-,24-,29-,30-/m0/s1. The first-order valence-electron chi connectivity index (χ1n) is 14.2. The van der Waals surface area contributed by atoms with E-state index in [4.69, 9.17) is 23.1 Å². The second-order valence-corrected chi connectivity index (χ2v) is 17.5. The summed E-state index contributed by atoms with van der Waals surface area (Å²) in [7, 11) is -0.518. The third-order valence-electron chi connectivity index (χ3n) is 7.78. The fourth-order valence-electron chi connectivity index (χ4n) is 4.25. The highest BCUT2D eigenvalue weighted by Gasteiger charge is 2.43. The molecule has 0 saturated carbocycles. The Bertz CT molecular complexity index is 1100. The summed E-state index contributed by atoms with van der Waals surface area (Å²) in [5, 5.41) is 0.0157. The Morgan fingerprint density at radius 3 is 2.23 bits per heavy atom. The Balaban J connectivity index is 2.36. The van der Waals surface area contributed by atoms with Crippen LogP contribution in [-0.4, -0.2) is 45.2 Å². The Labute approximate surface area is 242 Å². The third kappa shape index (κ3) is 9.60. The van der Waals surface area contributed by atoms with Gasteiger partial charge in [0.25, 0.3) is 0 Å². The van der Waals surface area contributed by atoms with Crippen LogP contribution in [0, 0.1) is 24.7 Å². The van der Waals surface area contributed by atoms with Crippen molar-refractivity contribution in [2.75, 3.05) is 13.7 Å². The van der Waals surface area contributed by atoms with E-state index in [-0.39, 0.29) is 34.9 Å². The number of aryl methyl sites for hydroxylation is 1. The number of benzene rings is 1. The van der Waals surface area contributed by atoms with Gasteiger partial charge in [0.15, 0.2) is 14.2 Å². The number of esters is 1. The van der Waals surface area contributed by atoms with Gasteiger partial charge in [-0.2, -0.15) is 0 Å². The minimum Gasteiger partial charge on any atom is -0.497 e. The van der Waals surface area contributed by atoms with Crippen LogP contribution in [0.1, 0.15) is 72.5 Å². The van der Waals surface area contributed by atoms with Crippen molar-refractivity contribution in [2.24, 2.45) is 17.8 Å². The number of carbonyl (C=O) groups is 1. The first kappa shape index (κ1) is 33.8. The molecule has 2 rings (SSSR count). The molecule has 1 aromatic heterocycles. The molecule has 0 aliphatic heterocycles. The number of carbonyl (C=O) groups excluding carboxylic acids is 1. The maximum atomic E-state index is 12.9. The minimum atomic E-state index is -2.18. The lowest BCUT2D eigenvalue weighted by Crippen LogP contribution is -2.50. The number of aromatic nitrogens is 1. The number of hydrogen-bond acceptors (Lipinski definition) is 7. The SMILES string of the molecule is COc1ccc(COC[C@H](C)[C@H](O[Si](C)(C)C(C)(C)C)[C@@H](C)[C@@H](OC(=O)C(C)C)/C(C)=C/c2coc(C)n2)cc1. The van der Waals surface area contributed by atoms with Crippen LogP contribution in [0.3, 0.4) is 0 Å². The lowest BCUT2D eigenvalue weighted by atomic mass is 9.86. The summed E-state index contributed by atoms with van der Waals surface area (Å²) in [4.78, 5) is 17.3. The fraction of sp³-hybridized carbons (Fsp3) is 0.625. The van der Waals surface area contributed by atoms with Crippen LogP contribution in [0.4, 0.5) is 0 Å². The summed E-state index contributed by atoms with van der Waals surface area (Å²) in [6.07, 6.45) is 2.85. The van der Waals surface area contributed by atoms with E-state index in [9.17, 15) is 4.79 Å². The summed E-state index contributed by atoms with van der Waals surface area (Å²) >= 11 is 0. The molecule has 0 spiro atoms. The number of oxazole rings is 1. The predicted octanol–water partition coefficient (Wildman–Crippen LogP) is 7.84. The van der Waals surface area contributed by atoms with Gasteiger partial charge < -0.3 is 23.1 Å². The van der Waals surface area contributed by atoms with Crippen LogP contribution < -0.4 is 4.74 Å². The molecule has 0 N–H and O–H groups in total. The molecule has 0 radical (unpaired) electrons. The first-order chi connectivity index (χ1) is 18.6. The highest BCUT2D eigenvalue weighted by Crippen LogP contribution is 2.40. The first-order valence-corrected chi connectivity index (χ1v) is 17.2. The molecule has 0 unspecified atom stereocenters. The second kappa shape index (κ2) is 14.5. The van der Waals surface area contributed by atoms with Crippen LogP contribution in [0.2, 0.25) is 18.1 Å². The Kier molecular flexibility index (Phi) is 12.2. The van der Waals surface area contributed by atoms with Crippen LogP contribution in [0.15, 0.2) is 40.5 Å². The fourth-order valence-corrected chi connectivity index (χ4v) is 5.73. The second-order valence-electron chi connectivity index (χ2n) is 12.7. The number of hydrogen-bond donors (Lipinski definition) is 0. The van der Waals surface area contributed by atoms with Gasteiger partial charge in [0.2, 0.25) is 0 Å². The summed E-state index contributed by atoms with van der Waals surface area (Å²) in [5.41, 5.74) is 2.67. The summed E-state index contributed by atoms with van der Waals surface area (Å²) in [6, 6.07) is 7.90. The van der Waals surface area contributed by atoms with Crippen molar-refractivity contribution in [1.29, 1.82) is 0 Å². The van der Waals surface area contributed by atoms with Crippen molar-refractivity contribution < 1.29 is 27.8 Å².